The molecule has 2 aliphatic rings. The average Bonchev–Trinajstić information content (AvgIpc) is 3.15. The number of nitrogens with zero attached hydrogens (tertiary/aromatic N) is 2. The molecule has 14 nitrogen and oxygen atoms in total. The Balaban J connectivity index is 0. The molecule has 0 saturated heterocycles. The van der Waals surface area contributed by atoms with E-state index in [1.165, 1.54) is 16.9 Å². The molecule has 2 aromatic carbocycles. The van der Waals surface area contributed by atoms with E-state index >= 15 is 0 Å². The summed E-state index contributed by atoms with van der Waals surface area (Å²) in [6.45, 7) is 10.8. The van der Waals surface area contributed by atoms with Gasteiger partial charge in [-0.1, -0.05) is 61.1 Å². The number of aliphatic hydroxyl groups is 1. The quantitative estimate of drug-likeness (QED) is 0.200. The van der Waals surface area contributed by atoms with Gasteiger partial charge in [0.25, 0.3) is 11.8 Å². The number of fused-ring (bicyclic) bond motifs is 2. The second kappa shape index (κ2) is 22.2. The molecule has 0 aliphatic carbocycles. The van der Waals surface area contributed by atoms with Crippen LogP contribution in [0.3, 0.4) is 0 Å². The van der Waals surface area contributed by atoms with Crippen LogP contribution in [-0.4, -0.2) is 101 Å². The molecule has 2 heterocycles. The second-order valence-electron chi connectivity index (χ2n) is 13.6. The summed E-state index contributed by atoms with van der Waals surface area (Å²) in [6, 6.07) is 9.05. The molecule has 3 N–H and O–H groups in total. The van der Waals surface area contributed by atoms with Gasteiger partial charge in [-0.2, -0.15) is 0 Å². The zero-order valence-corrected chi connectivity index (χ0v) is 32.8. The number of amides is 2. The Morgan fingerprint density at radius 2 is 1.04 bits per heavy atom. The van der Waals surface area contributed by atoms with E-state index in [0.29, 0.717) is 30.8 Å². The van der Waals surface area contributed by atoms with E-state index in [2.05, 4.69) is 0 Å². The van der Waals surface area contributed by atoms with Gasteiger partial charge in [-0.25, -0.2) is 9.59 Å². The Morgan fingerprint density at radius 3 is 1.35 bits per heavy atom. The summed E-state index contributed by atoms with van der Waals surface area (Å²) in [5.74, 6) is -2.74. The summed E-state index contributed by atoms with van der Waals surface area (Å²) in [5.41, 5.74) is 1.90. The molecule has 2 amide bonds. The van der Waals surface area contributed by atoms with E-state index in [1.54, 1.807) is 54.0 Å². The number of carbonyl (C=O) groups excluding carboxylic acids is 5. The number of rotatable bonds is 10. The first-order valence-corrected chi connectivity index (χ1v) is 16.7. The molecular formula is C39H57LiN2O12. The maximum atomic E-state index is 12.8. The van der Waals surface area contributed by atoms with Crippen LogP contribution >= 0.6 is 0 Å². The number of hydrogen-bond donors (Lipinski definition) is 2. The van der Waals surface area contributed by atoms with E-state index in [4.69, 9.17) is 19.3 Å². The van der Waals surface area contributed by atoms with Gasteiger partial charge in [0.2, 0.25) is 11.6 Å². The number of carbonyl (C=O) groups is 6. The molecule has 2 atom stereocenters. The Morgan fingerprint density at radius 1 is 0.685 bits per heavy atom. The third kappa shape index (κ3) is 11.9. The van der Waals surface area contributed by atoms with Crippen molar-refractivity contribution in [3.8, 4) is 11.5 Å². The van der Waals surface area contributed by atoms with Crippen molar-refractivity contribution in [3.05, 3.63) is 58.7 Å². The molecule has 0 radical (unpaired) electrons. The van der Waals surface area contributed by atoms with Gasteiger partial charge in [-0.15, -0.1) is 0 Å². The number of hydrogen-bond acceptors (Lipinski definition) is 11. The summed E-state index contributed by atoms with van der Waals surface area (Å²) in [4.78, 5) is 76.9. The number of ketones is 2. The number of carboxylic acids is 1. The fourth-order valence-electron chi connectivity index (χ4n) is 5.53. The van der Waals surface area contributed by atoms with Crippen molar-refractivity contribution in [1.29, 1.82) is 0 Å². The summed E-state index contributed by atoms with van der Waals surface area (Å²) >= 11 is 0. The largest absolute Gasteiger partial charge is 1.00 e. The maximum absolute atomic E-state index is 12.8. The third-order valence-electron chi connectivity index (χ3n) is 9.75. The second-order valence-corrected chi connectivity index (χ2v) is 13.6. The van der Waals surface area contributed by atoms with Crippen molar-refractivity contribution >= 4 is 35.3 Å². The van der Waals surface area contributed by atoms with E-state index < -0.39 is 58.2 Å². The molecule has 2 aliphatic heterocycles. The number of Topliss-reactive ketones (excluding diaryl/α,β-unsaturated/α-hetero) is 2. The molecular weight excluding hydrogens is 695 g/mol. The Labute approximate surface area is 331 Å². The van der Waals surface area contributed by atoms with E-state index in [0.717, 1.165) is 29.4 Å². The molecule has 54 heavy (non-hydrogen) atoms. The van der Waals surface area contributed by atoms with Crippen LogP contribution in [0.15, 0.2) is 36.4 Å². The van der Waals surface area contributed by atoms with Crippen LogP contribution in [0, 0.1) is 10.8 Å². The van der Waals surface area contributed by atoms with Crippen LogP contribution in [0.4, 0.5) is 0 Å². The minimum Gasteiger partial charge on any atom is -0.870 e. The summed E-state index contributed by atoms with van der Waals surface area (Å²) in [6.07, 6.45) is 1.55. The molecule has 0 saturated carbocycles. The molecule has 0 bridgehead atoms. The molecule has 4 rings (SSSR count). The molecule has 2 aromatic rings. The third-order valence-corrected chi connectivity index (χ3v) is 9.75. The van der Waals surface area contributed by atoms with E-state index in [1.807, 2.05) is 38.1 Å². The molecule has 0 fully saturated rings. The van der Waals surface area contributed by atoms with E-state index in [9.17, 15) is 33.9 Å². The SMILES string of the molecule is C.CCC(C)(C)C(=O)C(=O)N1Cc2cc(OC)ccc2CC1C(=O)O.CCC(C)(C)C(=O)C(=O)N1Cc2cc(OC)ccc2CC1C(=O)OC.CO.[Li+].[OH-]. The van der Waals surface area contributed by atoms with Gasteiger partial charge >= 0.3 is 30.8 Å². The molecule has 15 heteroatoms. The van der Waals surface area contributed by atoms with Gasteiger partial charge in [0.15, 0.2) is 0 Å². The fourth-order valence-corrected chi connectivity index (χ4v) is 5.53. The average molecular weight is 753 g/mol. The fraction of sp³-hybridized carbons (Fsp3) is 0.538. The normalized spacial score (nSPS) is 15.5. The van der Waals surface area contributed by atoms with Crippen molar-refractivity contribution in [2.45, 2.75) is 99.8 Å². The van der Waals surface area contributed by atoms with Crippen molar-refractivity contribution in [2.24, 2.45) is 10.8 Å². The zero-order chi connectivity index (χ0) is 38.8. The maximum Gasteiger partial charge on any atom is 1.00 e. The number of methoxy groups -OCH3 is 3. The first-order valence-electron chi connectivity index (χ1n) is 16.7. The Kier molecular flexibility index (Phi) is 21.4. The van der Waals surface area contributed by atoms with Crippen LogP contribution < -0.4 is 28.3 Å². The van der Waals surface area contributed by atoms with Crippen molar-refractivity contribution < 1.29 is 77.5 Å². The molecule has 296 valence electrons. The number of esters is 1. The van der Waals surface area contributed by atoms with Crippen molar-refractivity contribution in [3.63, 3.8) is 0 Å². The van der Waals surface area contributed by atoms with Crippen LogP contribution in [0.25, 0.3) is 0 Å². The number of carboxylic acid groups (broad SMARTS) is 1. The van der Waals surface area contributed by atoms with Crippen LogP contribution in [0.5, 0.6) is 11.5 Å². The number of ether oxygens (including phenoxy) is 3. The topological polar surface area (TPSA) is 207 Å². The van der Waals surface area contributed by atoms with Gasteiger partial charge in [-0.05, 0) is 59.4 Å². The first kappa shape index (κ1) is 51.9. The molecule has 2 unspecified atom stereocenters. The molecule has 0 spiro atoms. The predicted molar refractivity (Wildman–Crippen MR) is 197 cm³/mol. The Bertz CT molecular complexity index is 1620. The van der Waals surface area contributed by atoms with Gasteiger partial charge in [0.05, 0.1) is 21.3 Å². The number of benzene rings is 2. The van der Waals surface area contributed by atoms with Crippen molar-refractivity contribution in [2.75, 3.05) is 28.4 Å². The summed E-state index contributed by atoms with van der Waals surface area (Å²) < 4.78 is 15.3. The predicted octanol–water partition coefficient (Wildman–Crippen LogP) is 1.24. The summed E-state index contributed by atoms with van der Waals surface area (Å²) in [7, 11) is 5.39. The van der Waals surface area contributed by atoms with E-state index in [-0.39, 0.29) is 51.3 Å². The minimum atomic E-state index is -1.10. The standard InChI is InChI=1S/C19H25NO5.C18H23NO5.CH4O.CH4.Li.H2O/c1-6-19(2,3)16(21)17(22)20-11-13-9-14(24-4)8-7-12(13)10-15(20)18(23)25-5;1-5-18(2,3)15(20)16(21)19-10-12-8-13(24-4)7-6-11(12)9-14(19)17(22)23;1-2;;;/h7-9,15H,6,10-11H2,1-5H3;6-8,14H,5,9-10H2,1-4H3,(H,22,23);2H,1H3;1H4;;1H2/q;;;;+1;/p-1. The monoisotopic (exact) mass is 752 g/mol. The van der Waals surface area contributed by atoms with Gasteiger partial charge in [-0.3, -0.25) is 19.2 Å². The van der Waals surface area contributed by atoms with Gasteiger partial charge in [0.1, 0.15) is 23.6 Å². The minimum absolute atomic E-state index is 0. The Hall–Kier alpha value is -4.22. The number of aliphatic carboxylic acids is 1. The van der Waals surface area contributed by atoms with Crippen LogP contribution in [0.1, 0.15) is 84.1 Å². The summed E-state index contributed by atoms with van der Waals surface area (Å²) in [5, 5.41) is 16.5. The first-order chi connectivity index (χ1) is 24.0. The van der Waals surface area contributed by atoms with Crippen LogP contribution in [0.2, 0.25) is 0 Å². The smallest absolute Gasteiger partial charge is 0.870 e. The van der Waals surface area contributed by atoms with Crippen LogP contribution in [-0.2, 0) is 59.4 Å². The molecule has 0 aromatic heterocycles. The van der Waals surface area contributed by atoms with Crippen molar-refractivity contribution in [1.82, 2.24) is 9.80 Å². The zero-order valence-electron chi connectivity index (χ0n) is 32.8. The number of aliphatic hydroxyl groups excluding tert-OH is 1. The van der Waals surface area contributed by atoms with Gasteiger partial charge in [0, 0.05) is 43.9 Å². The van der Waals surface area contributed by atoms with Gasteiger partial charge < -0.3 is 39.7 Å².